The van der Waals surface area contributed by atoms with Gasteiger partial charge in [-0.1, -0.05) is 24.3 Å². The number of nitrogens with one attached hydrogen (secondary N) is 2. The van der Waals surface area contributed by atoms with Crippen LogP contribution in [0.25, 0.3) is 0 Å². The Morgan fingerprint density at radius 2 is 1.90 bits per heavy atom. The van der Waals surface area contributed by atoms with Crippen molar-refractivity contribution in [3.05, 3.63) is 58.3 Å². The molecule has 0 saturated heterocycles. The fourth-order valence-corrected chi connectivity index (χ4v) is 2.64. The molecule has 0 radical (unpaired) electrons. The van der Waals surface area contributed by atoms with E-state index in [1.54, 1.807) is 23.5 Å². The second-order valence-electron chi connectivity index (χ2n) is 4.68. The van der Waals surface area contributed by atoms with Crippen molar-refractivity contribution in [2.24, 2.45) is 0 Å². The van der Waals surface area contributed by atoms with Crippen LogP contribution in [-0.2, 0) is 4.79 Å². The first-order chi connectivity index (χ1) is 10.2. The minimum Gasteiger partial charge on any atom is -0.352 e. The zero-order valence-electron chi connectivity index (χ0n) is 11.8. The lowest BCUT2D eigenvalue weighted by atomic mass is 10.2. The molecule has 0 aliphatic heterocycles. The Bertz CT molecular complexity index is 582. The van der Waals surface area contributed by atoms with Gasteiger partial charge in [-0.3, -0.25) is 9.59 Å². The molecule has 0 saturated carbocycles. The summed E-state index contributed by atoms with van der Waals surface area (Å²) in [5, 5.41) is 7.64. The summed E-state index contributed by atoms with van der Waals surface area (Å²) in [6.45, 7) is 2.28. The van der Waals surface area contributed by atoms with Crippen LogP contribution in [0.5, 0.6) is 0 Å². The zero-order valence-corrected chi connectivity index (χ0v) is 12.7. The quantitative estimate of drug-likeness (QED) is 0.862. The van der Waals surface area contributed by atoms with Gasteiger partial charge in [0.1, 0.15) is 0 Å². The summed E-state index contributed by atoms with van der Waals surface area (Å²) in [7, 11) is 0. The Labute approximate surface area is 128 Å². The number of rotatable bonds is 6. The number of amides is 2. The van der Waals surface area contributed by atoms with Crippen LogP contribution in [0.4, 0.5) is 0 Å². The standard InChI is InChI=1S/C16H18N2O2S/c1-12(14-8-5-11-21-14)18-15(19)9-10-17-16(20)13-6-3-2-4-7-13/h2-8,11-12H,9-10H2,1H3,(H,17,20)(H,18,19). The Morgan fingerprint density at radius 1 is 1.14 bits per heavy atom. The van der Waals surface area contributed by atoms with E-state index in [1.807, 2.05) is 42.6 Å². The SMILES string of the molecule is CC(NC(=O)CCNC(=O)c1ccccc1)c1cccs1. The number of carbonyl (C=O) groups is 2. The lowest BCUT2D eigenvalue weighted by Gasteiger charge is -2.12. The maximum atomic E-state index is 11.8. The minimum absolute atomic E-state index is 0.00215. The van der Waals surface area contributed by atoms with E-state index in [9.17, 15) is 9.59 Å². The van der Waals surface area contributed by atoms with E-state index in [2.05, 4.69) is 10.6 Å². The smallest absolute Gasteiger partial charge is 0.251 e. The highest BCUT2D eigenvalue weighted by molar-refractivity contribution is 7.10. The highest BCUT2D eigenvalue weighted by Gasteiger charge is 2.10. The zero-order chi connectivity index (χ0) is 15.1. The van der Waals surface area contributed by atoms with Gasteiger partial charge in [0.15, 0.2) is 0 Å². The number of benzene rings is 1. The van der Waals surface area contributed by atoms with Crippen molar-refractivity contribution in [1.82, 2.24) is 10.6 Å². The van der Waals surface area contributed by atoms with Crippen LogP contribution in [0.15, 0.2) is 47.8 Å². The topological polar surface area (TPSA) is 58.2 Å². The highest BCUT2D eigenvalue weighted by Crippen LogP contribution is 2.17. The molecular weight excluding hydrogens is 284 g/mol. The fourth-order valence-electron chi connectivity index (χ4n) is 1.90. The molecule has 1 unspecified atom stereocenters. The molecule has 110 valence electrons. The van der Waals surface area contributed by atoms with Crippen molar-refractivity contribution in [2.45, 2.75) is 19.4 Å². The molecule has 0 fully saturated rings. The van der Waals surface area contributed by atoms with Crippen molar-refractivity contribution in [1.29, 1.82) is 0 Å². The van der Waals surface area contributed by atoms with Crippen LogP contribution >= 0.6 is 11.3 Å². The van der Waals surface area contributed by atoms with Crippen molar-refractivity contribution >= 4 is 23.2 Å². The summed E-state index contributed by atoms with van der Waals surface area (Å²) in [5.41, 5.74) is 0.602. The minimum atomic E-state index is -0.158. The van der Waals surface area contributed by atoms with Crippen LogP contribution in [0.3, 0.4) is 0 Å². The molecule has 4 nitrogen and oxygen atoms in total. The summed E-state index contributed by atoms with van der Waals surface area (Å²) in [5.74, 6) is -0.223. The molecule has 1 aromatic heterocycles. The van der Waals surface area contributed by atoms with Gasteiger partial charge in [-0.25, -0.2) is 0 Å². The molecule has 2 aromatic rings. The van der Waals surface area contributed by atoms with Gasteiger partial charge in [0.25, 0.3) is 5.91 Å². The molecule has 1 aromatic carbocycles. The van der Waals surface area contributed by atoms with E-state index in [-0.39, 0.29) is 24.3 Å². The van der Waals surface area contributed by atoms with E-state index < -0.39 is 0 Å². The number of thiophene rings is 1. The van der Waals surface area contributed by atoms with Gasteiger partial charge < -0.3 is 10.6 Å². The van der Waals surface area contributed by atoms with Crippen molar-refractivity contribution in [2.75, 3.05) is 6.54 Å². The Morgan fingerprint density at radius 3 is 2.57 bits per heavy atom. The first kappa shape index (κ1) is 15.3. The van der Waals surface area contributed by atoms with Gasteiger partial charge in [-0.05, 0) is 30.5 Å². The maximum absolute atomic E-state index is 11.8. The second kappa shape index (κ2) is 7.59. The average Bonchev–Trinajstić information content (AvgIpc) is 3.02. The van der Waals surface area contributed by atoms with Crippen LogP contribution < -0.4 is 10.6 Å². The van der Waals surface area contributed by atoms with E-state index in [1.165, 1.54) is 0 Å². The Kier molecular flexibility index (Phi) is 5.51. The third-order valence-corrected chi connectivity index (χ3v) is 4.08. The van der Waals surface area contributed by atoms with Gasteiger partial charge in [0.2, 0.25) is 5.91 Å². The molecule has 0 bridgehead atoms. The average molecular weight is 302 g/mol. The van der Waals surface area contributed by atoms with Gasteiger partial charge in [0.05, 0.1) is 6.04 Å². The summed E-state index contributed by atoms with van der Waals surface area (Å²) in [6.07, 6.45) is 0.272. The van der Waals surface area contributed by atoms with Gasteiger partial charge in [-0.15, -0.1) is 11.3 Å². The molecule has 0 aliphatic carbocycles. The predicted octanol–water partition coefficient (Wildman–Crippen LogP) is 2.75. The monoisotopic (exact) mass is 302 g/mol. The van der Waals surface area contributed by atoms with Gasteiger partial charge in [-0.2, -0.15) is 0 Å². The fraction of sp³-hybridized carbons (Fsp3) is 0.250. The molecular formula is C16H18N2O2S. The van der Waals surface area contributed by atoms with E-state index in [0.717, 1.165) is 4.88 Å². The van der Waals surface area contributed by atoms with Crippen LogP contribution in [0.2, 0.25) is 0 Å². The second-order valence-corrected chi connectivity index (χ2v) is 5.66. The lowest BCUT2D eigenvalue weighted by molar-refractivity contribution is -0.121. The number of hydrogen-bond donors (Lipinski definition) is 2. The summed E-state index contributed by atoms with van der Waals surface area (Å²) < 4.78 is 0. The molecule has 5 heteroatoms. The molecule has 0 spiro atoms. The normalized spacial score (nSPS) is 11.7. The Balaban J connectivity index is 1.71. The van der Waals surface area contributed by atoms with Gasteiger partial charge in [0, 0.05) is 23.4 Å². The maximum Gasteiger partial charge on any atom is 0.251 e. The summed E-state index contributed by atoms with van der Waals surface area (Å²) in [6, 6.07) is 12.9. The van der Waals surface area contributed by atoms with Crippen LogP contribution in [0.1, 0.15) is 34.6 Å². The molecule has 1 atom stereocenters. The van der Waals surface area contributed by atoms with Crippen LogP contribution in [-0.4, -0.2) is 18.4 Å². The van der Waals surface area contributed by atoms with Crippen molar-refractivity contribution < 1.29 is 9.59 Å². The molecule has 0 aliphatic rings. The van der Waals surface area contributed by atoms with E-state index >= 15 is 0 Å². The number of carbonyl (C=O) groups excluding carboxylic acids is 2. The number of hydrogen-bond acceptors (Lipinski definition) is 3. The van der Waals surface area contributed by atoms with Crippen molar-refractivity contribution in [3.8, 4) is 0 Å². The molecule has 1 heterocycles. The molecule has 2 amide bonds. The molecule has 21 heavy (non-hydrogen) atoms. The van der Waals surface area contributed by atoms with E-state index in [0.29, 0.717) is 12.1 Å². The largest absolute Gasteiger partial charge is 0.352 e. The summed E-state index contributed by atoms with van der Waals surface area (Å²) in [4.78, 5) is 24.7. The Hall–Kier alpha value is -2.14. The van der Waals surface area contributed by atoms with Gasteiger partial charge >= 0.3 is 0 Å². The van der Waals surface area contributed by atoms with E-state index in [4.69, 9.17) is 0 Å². The highest BCUT2D eigenvalue weighted by atomic mass is 32.1. The first-order valence-corrected chi connectivity index (χ1v) is 7.71. The molecule has 2 N–H and O–H groups in total. The summed E-state index contributed by atoms with van der Waals surface area (Å²) >= 11 is 1.61. The predicted molar refractivity (Wildman–Crippen MR) is 84.3 cm³/mol. The van der Waals surface area contributed by atoms with Crippen molar-refractivity contribution in [3.63, 3.8) is 0 Å². The third kappa shape index (κ3) is 4.72. The first-order valence-electron chi connectivity index (χ1n) is 6.83. The van der Waals surface area contributed by atoms with Crippen LogP contribution in [0, 0.1) is 0 Å². The third-order valence-electron chi connectivity index (χ3n) is 3.02. The lowest BCUT2D eigenvalue weighted by Crippen LogP contribution is -2.31. The molecule has 2 rings (SSSR count).